The van der Waals surface area contributed by atoms with Crippen LogP contribution in [0.3, 0.4) is 0 Å². The maximum atomic E-state index is 12.7. The second-order valence-corrected chi connectivity index (χ2v) is 8.10. The van der Waals surface area contributed by atoms with Crippen molar-refractivity contribution in [2.45, 2.75) is 26.8 Å². The van der Waals surface area contributed by atoms with E-state index < -0.39 is 0 Å². The summed E-state index contributed by atoms with van der Waals surface area (Å²) in [6, 6.07) is 9.80. The first kappa shape index (κ1) is 19.6. The summed E-state index contributed by atoms with van der Waals surface area (Å²) in [6.07, 6.45) is 0.884. The van der Waals surface area contributed by atoms with E-state index >= 15 is 0 Å². The van der Waals surface area contributed by atoms with Crippen LogP contribution in [0.15, 0.2) is 35.7 Å². The molecule has 0 saturated carbocycles. The molecule has 1 aliphatic rings. The highest BCUT2D eigenvalue weighted by atomic mass is 32.1. The van der Waals surface area contributed by atoms with Gasteiger partial charge in [-0.15, -0.1) is 11.3 Å². The van der Waals surface area contributed by atoms with Gasteiger partial charge < -0.3 is 10.2 Å². The molecule has 2 amide bonds. The molecule has 0 bridgehead atoms. The van der Waals surface area contributed by atoms with Crippen molar-refractivity contribution in [3.05, 3.63) is 57.3 Å². The van der Waals surface area contributed by atoms with Crippen LogP contribution in [0.2, 0.25) is 0 Å². The minimum Gasteiger partial charge on any atom is -0.350 e. The molecule has 0 aliphatic carbocycles. The SMILES string of the molecule is Cc1cccc(C(=O)N2CCCN(CC(=O)NCc3sccc3C)CC2)c1. The number of aryl methyl sites for hydroxylation is 2. The molecule has 1 aliphatic heterocycles. The summed E-state index contributed by atoms with van der Waals surface area (Å²) in [5.74, 6) is 0.124. The summed E-state index contributed by atoms with van der Waals surface area (Å²) in [6.45, 7) is 7.99. The van der Waals surface area contributed by atoms with Gasteiger partial charge in [-0.05, 0) is 49.4 Å². The van der Waals surface area contributed by atoms with Gasteiger partial charge in [-0.3, -0.25) is 14.5 Å². The molecule has 0 unspecified atom stereocenters. The summed E-state index contributed by atoms with van der Waals surface area (Å²) in [7, 11) is 0. The molecule has 144 valence electrons. The van der Waals surface area contributed by atoms with Crippen LogP contribution in [0.5, 0.6) is 0 Å². The smallest absolute Gasteiger partial charge is 0.253 e. The van der Waals surface area contributed by atoms with E-state index in [2.05, 4.69) is 23.2 Å². The fraction of sp³-hybridized carbons (Fsp3) is 0.429. The minimum absolute atomic E-state index is 0.0428. The van der Waals surface area contributed by atoms with Gasteiger partial charge in [0.2, 0.25) is 5.91 Å². The maximum absolute atomic E-state index is 12.7. The van der Waals surface area contributed by atoms with Crippen molar-refractivity contribution in [3.63, 3.8) is 0 Å². The molecule has 1 saturated heterocycles. The first-order chi connectivity index (χ1) is 13.0. The zero-order valence-electron chi connectivity index (χ0n) is 16.0. The molecular weight excluding hydrogens is 358 g/mol. The van der Waals surface area contributed by atoms with E-state index in [0.29, 0.717) is 19.6 Å². The summed E-state index contributed by atoms with van der Waals surface area (Å²) in [4.78, 5) is 30.3. The van der Waals surface area contributed by atoms with Crippen LogP contribution in [-0.4, -0.2) is 54.3 Å². The summed E-state index contributed by atoms with van der Waals surface area (Å²) in [5, 5.41) is 5.06. The minimum atomic E-state index is 0.0428. The van der Waals surface area contributed by atoms with Crippen molar-refractivity contribution < 1.29 is 9.59 Å². The Bertz CT molecular complexity index is 802. The van der Waals surface area contributed by atoms with Crippen LogP contribution in [0.1, 0.15) is 32.8 Å². The number of nitrogens with zero attached hydrogens (tertiary/aromatic N) is 2. The first-order valence-electron chi connectivity index (χ1n) is 9.41. The molecular formula is C21H27N3O2S. The van der Waals surface area contributed by atoms with E-state index in [1.807, 2.05) is 41.5 Å². The Morgan fingerprint density at radius 3 is 2.70 bits per heavy atom. The Balaban J connectivity index is 1.48. The zero-order valence-corrected chi connectivity index (χ0v) is 16.8. The first-order valence-corrected chi connectivity index (χ1v) is 10.3. The lowest BCUT2D eigenvalue weighted by Crippen LogP contribution is -2.39. The Kier molecular flexibility index (Phi) is 6.63. The van der Waals surface area contributed by atoms with E-state index in [4.69, 9.17) is 0 Å². The molecule has 1 fully saturated rings. The Labute approximate surface area is 165 Å². The molecule has 1 aromatic heterocycles. The summed E-state index contributed by atoms with van der Waals surface area (Å²) in [5.41, 5.74) is 3.06. The maximum Gasteiger partial charge on any atom is 0.253 e. The zero-order chi connectivity index (χ0) is 19.2. The van der Waals surface area contributed by atoms with E-state index in [0.717, 1.165) is 37.2 Å². The lowest BCUT2D eigenvalue weighted by molar-refractivity contribution is -0.122. The van der Waals surface area contributed by atoms with Gasteiger partial charge in [0.1, 0.15) is 0 Å². The predicted octanol–water partition coefficient (Wildman–Crippen LogP) is 2.83. The lowest BCUT2D eigenvalue weighted by atomic mass is 10.1. The number of carbonyl (C=O) groups excluding carboxylic acids is 2. The van der Waals surface area contributed by atoms with Crippen LogP contribution in [0.25, 0.3) is 0 Å². The highest BCUT2D eigenvalue weighted by Crippen LogP contribution is 2.15. The number of thiophene rings is 1. The predicted molar refractivity (Wildman–Crippen MR) is 109 cm³/mol. The Hall–Kier alpha value is -2.18. The van der Waals surface area contributed by atoms with Crippen molar-refractivity contribution in [1.82, 2.24) is 15.1 Å². The highest BCUT2D eigenvalue weighted by molar-refractivity contribution is 7.10. The van der Waals surface area contributed by atoms with Gasteiger partial charge in [-0.25, -0.2) is 0 Å². The van der Waals surface area contributed by atoms with Crippen LogP contribution >= 0.6 is 11.3 Å². The Morgan fingerprint density at radius 1 is 1.11 bits per heavy atom. The van der Waals surface area contributed by atoms with Gasteiger partial charge in [0.05, 0.1) is 13.1 Å². The van der Waals surface area contributed by atoms with E-state index in [9.17, 15) is 9.59 Å². The molecule has 0 atom stereocenters. The number of benzene rings is 1. The normalized spacial score (nSPS) is 15.4. The number of hydrogen-bond acceptors (Lipinski definition) is 4. The van der Waals surface area contributed by atoms with Gasteiger partial charge in [0.25, 0.3) is 5.91 Å². The third-order valence-electron chi connectivity index (χ3n) is 4.92. The third kappa shape index (κ3) is 5.40. The number of rotatable bonds is 5. The molecule has 27 heavy (non-hydrogen) atoms. The molecule has 0 spiro atoms. The average molecular weight is 386 g/mol. The van der Waals surface area contributed by atoms with Gasteiger partial charge in [0.15, 0.2) is 0 Å². The van der Waals surface area contributed by atoms with Crippen molar-refractivity contribution in [2.75, 3.05) is 32.7 Å². The summed E-state index contributed by atoms with van der Waals surface area (Å²) < 4.78 is 0. The summed E-state index contributed by atoms with van der Waals surface area (Å²) >= 11 is 1.67. The highest BCUT2D eigenvalue weighted by Gasteiger charge is 2.21. The van der Waals surface area contributed by atoms with Gasteiger partial charge in [-0.2, -0.15) is 0 Å². The van der Waals surface area contributed by atoms with Crippen molar-refractivity contribution >= 4 is 23.2 Å². The molecule has 3 rings (SSSR count). The van der Waals surface area contributed by atoms with Gasteiger partial charge in [0, 0.05) is 36.6 Å². The average Bonchev–Trinajstić information content (AvgIpc) is 2.92. The fourth-order valence-electron chi connectivity index (χ4n) is 3.32. The number of nitrogens with one attached hydrogen (secondary N) is 1. The molecule has 2 aromatic rings. The lowest BCUT2D eigenvalue weighted by Gasteiger charge is -2.22. The second-order valence-electron chi connectivity index (χ2n) is 7.09. The van der Waals surface area contributed by atoms with Crippen molar-refractivity contribution in [3.8, 4) is 0 Å². The standard InChI is InChI=1S/C21H27N3O2S/c1-16-5-3-6-18(13-16)21(26)24-9-4-8-23(10-11-24)15-20(25)22-14-19-17(2)7-12-27-19/h3,5-7,12-13H,4,8-11,14-15H2,1-2H3,(H,22,25). The molecule has 6 heteroatoms. The topological polar surface area (TPSA) is 52.7 Å². The van der Waals surface area contributed by atoms with Crippen LogP contribution < -0.4 is 5.32 Å². The number of amides is 2. The van der Waals surface area contributed by atoms with Crippen LogP contribution in [0, 0.1) is 13.8 Å². The molecule has 1 N–H and O–H groups in total. The second kappa shape index (κ2) is 9.15. The van der Waals surface area contributed by atoms with E-state index in [1.54, 1.807) is 11.3 Å². The number of hydrogen-bond donors (Lipinski definition) is 1. The fourth-order valence-corrected chi connectivity index (χ4v) is 4.16. The van der Waals surface area contributed by atoms with Crippen LogP contribution in [0.4, 0.5) is 0 Å². The molecule has 0 radical (unpaired) electrons. The van der Waals surface area contributed by atoms with Gasteiger partial charge in [-0.1, -0.05) is 17.7 Å². The van der Waals surface area contributed by atoms with Gasteiger partial charge >= 0.3 is 0 Å². The quantitative estimate of drug-likeness (QED) is 0.861. The van der Waals surface area contributed by atoms with Crippen molar-refractivity contribution in [2.24, 2.45) is 0 Å². The number of carbonyl (C=O) groups is 2. The monoisotopic (exact) mass is 385 g/mol. The van der Waals surface area contributed by atoms with Crippen molar-refractivity contribution in [1.29, 1.82) is 0 Å². The largest absolute Gasteiger partial charge is 0.350 e. The third-order valence-corrected chi connectivity index (χ3v) is 5.95. The van der Waals surface area contributed by atoms with E-state index in [-0.39, 0.29) is 11.8 Å². The van der Waals surface area contributed by atoms with Crippen LogP contribution in [-0.2, 0) is 11.3 Å². The molecule has 2 heterocycles. The van der Waals surface area contributed by atoms with E-state index in [1.165, 1.54) is 10.4 Å². The Morgan fingerprint density at radius 2 is 1.96 bits per heavy atom. The molecule has 5 nitrogen and oxygen atoms in total. The molecule has 1 aromatic carbocycles.